The van der Waals surface area contributed by atoms with Crippen LogP contribution < -0.4 is 5.76 Å². The van der Waals surface area contributed by atoms with Crippen molar-refractivity contribution in [2.45, 2.75) is 31.8 Å². The molecule has 0 saturated carbocycles. The fraction of sp³-hybridized carbons (Fsp3) is 0.316. The van der Waals surface area contributed by atoms with Crippen LogP contribution in [0, 0.1) is 0 Å². The highest BCUT2D eigenvalue weighted by atomic mass is 35.5. The SMILES string of the molecule is O=C(CCn1c(=O)oc2cc(Cl)ccc21)N1CCC[C@@H]1c1ccncc1. The minimum Gasteiger partial charge on any atom is -0.408 e. The Morgan fingerprint density at radius 3 is 2.88 bits per heavy atom. The van der Waals surface area contributed by atoms with Gasteiger partial charge >= 0.3 is 5.76 Å². The molecule has 0 aliphatic carbocycles. The minimum atomic E-state index is -0.470. The average Bonchev–Trinajstić information content (AvgIpc) is 3.24. The van der Waals surface area contributed by atoms with Crippen molar-refractivity contribution in [3.8, 4) is 0 Å². The third kappa shape index (κ3) is 3.12. The number of nitrogens with zero attached hydrogens (tertiary/aromatic N) is 3. The second-order valence-electron chi connectivity index (χ2n) is 6.41. The zero-order chi connectivity index (χ0) is 18.1. The van der Waals surface area contributed by atoms with Crippen LogP contribution in [0.1, 0.15) is 30.9 Å². The highest BCUT2D eigenvalue weighted by Crippen LogP contribution is 2.32. The Hall–Kier alpha value is -2.60. The van der Waals surface area contributed by atoms with Gasteiger partial charge in [-0.2, -0.15) is 0 Å². The quantitative estimate of drug-likeness (QED) is 0.704. The maximum Gasteiger partial charge on any atom is 0.419 e. The molecule has 0 unspecified atom stereocenters. The molecule has 1 saturated heterocycles. The van der Waals surface area contributed by atoms with Gasteiger partial charge in [-0.05, 0) is 42.7 Å². The number of amides is 1. The van der Waals surface area contributed by atoms with Crippen molar-refractivity contribution in [3.63, 3.8) is 0 Å². The van der Waals surface area contributed by atoms with Crippen molar-refractivity contribution >= 4 is 28.6 Å². The van der Waals surface area contributed by atoms with E-state index in [9.17, 15) is 9.59 Å². The largest absolute Gasteiger partial charge is 0.419 e. The summed E-state index contributed by atoms with van der Waals surface area (Å²) < 4.78 is 6.71. The first-order chi connectivity index (χ1) is 12.6. The molecular formula is C19H18ClN3O3. The number of aromatic nitrogens is 2. The van der Waals surface area contributed by atoms with E-state index in [1.165, 1.54) is 4.57 Å². The van der Waals surface area contributed by atoms with Gasteiger partial charge in [0.15, 0.2) is 5.58 Å². The van der Waals surface area contributed by atoms with Gasteiger partial charge in [0.25, 0.3) is 0 Å². The second-order valence-corrected chi connectivity index (χ2v) is 6.84. The van der Waals surface area contributed by atoms with Crippen LogP contribution in [-0.4, -0.2) is 26.9 Å². The van der Waals surface area contributed by atoms with E-state index in [1.807, 2.05) is 17.0 Å². The van der Waals surface area contributed by atoms with E-state index in [4.69, 9.17) is 16.0 Å². The number of hydrogen-bond donors (Lipinski definition) is 0. The molecule has 0 radical (unpaired) electrons. The van der Waals surface area contributed by atoms with E-state index in [1.54, 1.807) is 30.6 Å². The van der Waals surface area contributed by atoms with Crippen molar-refractivity contribution in [1.82, 2.24) is 14.5 Å². The topological polar surface area (TPSA) is 68.3 Å². The lowest BCUT2D eigenvalue weighted by Crippen LogP contribution is -2.31. The molecule has 2 aromatic heterocycles. The first-order valence-corrected chi connectivity index (χ1v) is 8.99. The first-order valence-electron chi connectivity index (χ1n) is 8.62. The summed E-state index contributed by atoms with van der Waals surface area (Å²) in [5.74, 6) is -0.429. The van der Waals surface area contributed by atoms with Crippen LogP contribution >= 0.6 is 11.6 Å². The molecule has 0 bridgehead atoms. The molecule has 1 fully saturated rings. The molecule has 0 N–H and O–H groups in total. The monoisotopic (exact) mass is 371 g/mol. The Bertz CT molecular complexity index is 996. The molecule has 4 rings (SSSR count). The summed E-state index contributed by atoms with van der Waals surface area (Å²) in [6, 6.07) is 9.04. The number of carbonyl (C=O) groups is 1. The fourth-order valence-electron chi connectivity index (χ4n) is 3.60. The number of aryl methyl sites for hydroxylation is 1. The Labute approximate surface area is 155 Å². The van der Waals surface area contributed by atoms with Crippen LogP contribution in [0.4, 0.5) is 0 Å². The van der Waals surface area contributed by atoms with Gasteiger partial charge in [-0.25, -0.2) is 4.79 Å². The number of halogens is 1. The lowest BCUT2D eigenvalue weighted by Gasteiger charge is -2.25. The van der Waals surface area contributed by atoms with E-state index >= 15 is 0 Å². The Morgan fingerprint density at radius 1 is 1.27 bits per heavy atom. The van der Waals surface area contributed by atoms with Crippen molar-refractivity contribution in [2.75, 3.05) is 6.54 Å². The molecule has 1 amide bonds. The number of pyridine rings is 1. The zero-order valence-electron chi connectivity index (χ0n) is 14.1. The number of carbonyl (C=O) groups excluding carboxylic acids is 1. The number of fused-ring (bicyclic) bond motifs is 1. The number of likely N-dealkylation sites (tertiary alicyclic amines) is 1. The van der Waals surface area contributed by atoms with Gasteiger partial charge in [0, 0.05) is 43.0 Å². The van der Waals surface area contributed by atoms with Gasteiger partial charge in [0.1, 0.15) is 0 Å². The fourth-order valence-corrected chi connectivity index (χ4v) is 3.76. The van der Waals surface area contributed by atoms with Gasteiger partial charge < -0.3 is 9.32 Å². The molecule has 6 nitrogen and oxygen atoms in total. The van der Waals surface area contributed by atoms with Gasteiger partial charge in [0.05, 0.1) is 11.6 Å². The lowest BCUT2D eigenvalue weighted by molar-refractivity contribution is -0.132. The summed E-state index contributed by atoms with van der Waals surface area (Å²) in [6.45, 7) is 1.02. The number of oxazole rings is 1. The lowest BCUT2D eigenvalue weighted by atomic mass is 10.1. The van der Waals surface area contributed by atoms with Gasteiger partial charge in [0.2, 0.25) is 5.91 Å². The number of benzene rings is 1. The highest BCUT2D eigenvalue weighted by molar-refractivity contribution is 6.31. The Balaban J connectivity index is 1.51. The summed E-state index contributed by atoms with van der Waals surface area (Å²) in [5, 5.41) is 0.506. The van der Waals surface area contributed by atoms with Crippen molar-refractivity contribution < 1.29 is 9.21 Å². The van der Waals surface area contributed by atoms with Crippen molar-refractivity contribution in [3.05, 3.63) is 63.9 Å². The minimum absolute atomic E-state index is 0.0412. The standard InChI is InChI=1S/C19H18ClN3O3/c20-14-3-4-16-17(12-14)26-19(25)23(16)11-7-18(24)22-10-1-2-15(22)13-5-8-21-9-6-13/h3-6,8-9,12,15H,1-2,7,10-11H2/t15-/m1/s1. The van der Waals surface area contributed by atoms with E-state index < -0.39 is 5.76 Å². The molecule has 0 spiro atoms. The van der Waals surface area contributed by atoms with Crippen LogP contribution in [0.3, 0.4) is 0 Å². The molecule has 1 aliphatic rings. The summed E-state index contributed by atoms with van der Waals surface area (Å²) in [6.07, 6.45) is 5.67. The van der Waals surface area contributed by atoms with Crippen LogP contribution in [0.2, 0.25) is 5.02 Å². The average molecular weight is 372 g/mol. The number of rotatable bonds is 4. The Morgan fingerprint density at radius 2 is 2.08 bits per heavy atom. The van der Waals surface area contributed by atoms with E-state index in [2.05, 4.69) is 4.98 Å². The third-order valence-corrected chi connectivity index (χ3v) is 5.08. The van der Waals surface area contributed by atoms with Crippen LogP contribution in [-0.2, 0) is 11.3 Å². The maximum absolute atomic E-state index is 12.8. The molecule has 7 heteroatoms. The molecular weight excluding hydrogens is 354 g/mol. The Kier molecular flexibility index (Phi) is 4.51. The van der Waals surface area contributed by atoms with Crippen molar-refractivity contribution in [2.24, 2.45) is 0 Å². The van der Waals surface area contributed by atoms with Gasteiger partial charge in [-0.3, -0.25) is 14.3 Å². The van der Waals surface area contributed by atoms with Crippen molar-refractivity contribution in [1.29, 1.82) is 0 Å². The zero-order valence-corrected chi connectivity index (χ0v) is 14.9. The highest BCUT2D eigenvalue weighted by Gasteiger charge is 2.29. The van der Waals surface area contributed by atoms with Crippen LogP contribution in [0.25, 0.3) is 11.1 Å². The summed E-state index contributed by atoms with van der Waals surface area (Å²) in [7, 11) is 0. The molecule has 26 heavy (non-hydrogen) atoms. The normalized spacial score (nSPS) is 17.1. The molecule has 1 aliphatic heterocycles. The molecule has 1 atom stereocenters. The summed E-state index contributed by atoms with van der Waals surface area (Å²) in [5.41, 5.74) is 2.19. The predicted octanol–water partition coefficient (Wildman–Crippen LogP) is 3.40. The molecule has 3 heterocycles. The first kappa shape index (κ1) is 16.8. The van der Waals surface area contributed by atoms with E-state index in [0.29, 0.717) is 16.1 Å². The van der Waals surface area contributed by atoms with Gasteiger partial charge in [-0.1, -0.05) is 11.6 Å². The van der Waals surface area contributed by atoms with Crippen LogP contribution in [0.5, 0.6) is 0 Å². The van der Waals surface area contributed by atoms with E-state index in [0.717, 1.165) is 24.9 Å². The maximum atomic E-state index is 12.8. The van der Waals surface area contributed by atoms with Gasteiger partial charge in [-0.15, -0.1) is 0 Å². The number of hydrogen-bond acceptors (Lipinski definition) is 4. The molecule has 1 aromatic carbocycles. The second kappa shape index (κ2) is 6.96. The summed E-state index contributed by atoms with van der Waals surface area (Å²) in [4.78, 5) is 30.8. The summed E-state index contributed by atoms with van der Waals surface area (Å²) >= 11 is 5.93. The third-order valence-electron chi connectivity index (χ3n) is 4.84. The van der Waals surface area contributed by atoms with E-state index in [-0.39, 0.29) is 24.9 Å². The molecule has 134 valence electrons. The smallest absolute Gasteiger partial charge is 0.408 e. The van der Waals surface area contributed by atoms with Crippen LogP contribution in [0.15, 0.2) is 51.9 Å². The predicted molar refractivity (Wildman–Crippen MR) is 98.0 cm³/mol. The molecule has 3 aromatic rings.